The summed E-state index contributed by atoms with van der Waals surface area (Å²) in [4.78, 5) is 24.6. The zero-order chi connectivity index (χ0) is 13.5. The molecule has 1 saturated heterocycles. The van der Waals surface area contributed by atoms with Crippen LogP contribution in [0.1, 0.15) is 26.2 Å². The third kappa shape index (κ3) is 4.91. The number of hydrogen-bond acceptors (Lipinski definition) is 3. The van der Waals surface area contributed by atoms with Crippen molar-refractivity contribution in [2.45, 2.75) is 32.2 Å². The number of rotatable bonds is 5. The molecule has 1 unspecified atom stereocenters. The van der Waals surface area contributed by atoms with Crippen molar-refractivity contribution in [2.75, 3.05) is 26.7 Å². The van der Waals surface area contributed by atoms with Gasteiger partial charge in [-0.3, -0.25) is 0 Å². The van der Waals surface area contributed by atoms with Gasteiger partial charge in [0.25, 0.3) is 0 Å². The molecular weight excluding hydrogens is 234 g/mol. The minimum absolute atomic E-state index is 0.384. The van der Waals surface area contributed by atoms with Crippen LogP contribution in [0.15, 0.2) is 0 Å². The topological polar surface area (TPSA) is 81.7 Å². The zero-order valence-corrected chi connectivity index (χ0v) is 11.1. The van der Waals surface area contributed by atoms with Gasteiger partial charge in [0.2, 0.25) is 0 Å². The van der Waals surface area contributed by atoms with E-state index in [9.17, 15) is 9.59 Å². The van der Waals surface area contributed by atoms with E-state index >= 15 is 0 Å². The summed E-state index contributed by atoms with van der Waals surface area (Å²) in [5, 5.41) is 14.0. The molecule has 0 saturated carbocycles. The number of carboxylic acid groups (broad SMARTS) is 1. The number of piperidine rings is 1. The molecule has 2 amide bonds. The van der Waals surface area contributed by atoms with Crippen molar-refractivity contribution in [3.63, 3.8) is 0 Å². The fraction of sp³-hybridized carbons (Fsp3) is 0.833. The van der Waals surface area contributed by atoms with Gasteiger partial charge in [0, 0.05) is 13.1 Å². The number of hydrogen-bond donors (Lipinski definition) is 3. The maximum absolute atomic E-state index is 11.5. The Morgan fingerprint density at radius 2 is 2.22 bits per heavy atom. The fourth-order valence-corrected chi connectivity index (χ4v) is 2.22. The molecule has 1 fully saturated rings. The molecule has 0 aliphatic carbocycles. The van der Waals surface area contributed by atoms with Crippen LogP contribution in [0.5, 0.6) is 0 Å². The van der Waals surface area contributed by atoms with Gasteiger partial charge in [-0.1, -0.05) is 6.92 Å². The Bertz CT molecular complexity index is 296. The van der Waals surface area contributed by atoms with Crippen molar-refractivity contribution in [1.29, 1.82) is 0 Å². The minimum atomic E-state index is -0.995. The third-order valence-electron chi connectivity index (χ3n) is 3.29. The normalized spacial score (nSPS) is 22.2. The van der Waals surface area contributed by atoms with Crippen LogP contribution >= 0.6 is 0 Å². The molecule has 0 bridgehead atoms. The summed E-state index contributed by atoms with van der Waals surface area (Å²) in [6, 6.07) is -1.20. The minimum Gasteiger partial charge on any atom is -0.480 e. The van der Waals surface area contributed by atoms with Gasteiger partial charge >= 0.3 is 12.0 Å². The third-order valence-corrected chi connectivity index (χ3v) is 3.29. The molecule has 1 aliphatic heterocycles. The average molecular weight is 257 g/mol. The van der Waals surface area contributed by atoms with E-state index in [0.717, 1.165) is 25.9 Å². The second-order valence-electron chi connectivity index (χ2n) is 4.92. The number of carboxylic acids is 1. The average Bonchev–Trinajstić information content (AvgIpc) is 2.33. The molecule has 0 aromatic heterocycles. The molecule has 6 nitrogen and oxygen atoms in total. The Balaban J connectivity index is 2.25. The second kappa shape index (κ2) is 7.20. The smallest absolute Gasteiger partial charge is 0.326 e. The number of likely N-dealkylation sites (tertiary alicyclic amines) is 1. The molecule has 18 heavy (non-hydrogen) atoms. The molecule has 1 heterocycles. The first-order valence-electron chi connectivity index (χ1n) is 6.48. The van der Waals surface area contributed by atoms with Gasteiger partial charge in [-0.2, -0.15) is 0 Å². The SMILES string of the molecule is CC[C@H](NC(=O)NCC1CCCN(C)C1)C(=O)O. The van der Waals surface area contributed by atoms with Crippen LogP contribution in [-0.4, -0.2) is 54.7 Å². The van der Waals surface area contributed by atoms with Crippen LogP contribution in [0, 0.1) is 5.92 Å². The number of amides is 2. The summed E-state index contributed by atoms with van der Waals surface area (Å²) in [7, 11) is 2.07. The Hall–Kier alpha value is -1.30. The summed E-state index contributed by atoms with van der Waals surface area (Å²) in [5.41, 5.74) is 0. The first kappa shape index (κ1) is 14.8. The van der Waals surface area contributed by atoms with E-state index in [1.54, 1.807) is 6.92 Å². The zero-order valence-electron chi connectivity index (χ0n) is 11.1. The Morgan fingerprint density at radius 3 is 2.78 bits per heavy atom. The van der Waals surface area contributed by atoms with E-state index in [1.807, 2.05) is 0 Å². The van der Waals surface area contributed by atoms with Crippen LogP contribution in [0.4, 0.5) is 4.79 Å². The lowest BCUT2D eigenvalue weighted by Crippen LogP contribution is -2.48. The van der Waals surface area contributed by atoms with Crippen LogP contribution in [0.3, 0.4) is 0 Å². The number of aliphatic carboxylic acids is 1. The highest BCUT2D eigenvalue weighted by atomic mass is 16.4. The van der Waals surface area contributed by atoms with E-state index < -0.39 is 18.0 Å². The number of carbonyl (C=O) groups is 2. The van der Waals surface area contributed by atoms with Crippen molar-refractivity contribution >= 4 is 12.0 Å². The molecule has 1 rings (SSSR count). The Kier molecular flexibility index (Phi) is 5.91. The molecule has 0 spiro atoms. The number of urea groups is 1. The van der Waals surface area contributed by atoms with Gasteiger partial charge in [-0.05, 0) is 38.8 Å². The summed E-state index contributed by atoms with van der Waals surface area (Å²) in [6.07, 6.45) is 2.65. The van der Waals surface area contributed by atoms with Crippen LogP contribution < -0.4 is 10.6 Å². The highest BCUT2D eigenvalue weighted by Gasteiger charge is 2.20. The fourth-order valence-electron chi connectivity index (χ4n) is 2.22. The number of carbonyl (C=O) groups excluding carboxylic acids is 1. The predicted molar refractivity (Wildman–Crippen MR) is 68.5 cm³/mol. The van der Waals surface area contributed by atoms with Crippen molar-refractivity contribution in [3.8, 4) is 0 Å². The highest BCUT2D eigenvalue weighted by Crippen LogP contribution is 2.13. The maximum atomic E-state index is 11.5. The molecule has 104 valence electrons. The van der Waals surface area contributed by atoms with Gasteiger partial charge in [-0.15, -0.1) is 0 Å². The Labute approximate surface area is 108 Å². The van der Waals surface area contributed by atoms with Crippen LogP contribution in [0.2, 0.25) is 0 Å². The molecule has 0 aromatic rings. The van der Waals surface area contributed by atoms with Crippen LogP contribution in [0.25, 0.3) is 0 Å². The standard InChI is InChI=1S/C12H23N3O3/c1-3-10(11(16)17)14-12(18)13-7-9-5-4-6-15(2)8-9/h9-10H,3-8H2,1-2H3,(H,16,17)(H2,13,14,18)/t9?,10-/m0/s1. The van der Waals surface area contributed by atoms with Crippen molar-refractivity contribution < 1.29 is 14.7 Å². The van der Waals surface area contributed by atoms with E-state index in [2.05, 4.69) is 22.6 Å². The molecule has 3 N–H and O–H groups in total. The van der Waals surface area contributed by atoms with Crippen molar-refractivity contribution in [2.24, 2.45) is 5.92 Å². The Morgan fingerprint density at radius 1 is 1.50 bits per heavy atom. The molecule has 6 heteroatoms. The largest absolute Gasteiger partial charge is 0.480 e. The lowest BCUT2D eigenvalue weighted by Gasteiger charge is -2.29. The second-order valence-corrected chi connectivity index (χ2v) is 4.92. The van der Waals surface area contributed by atoms with Gasteiger partial charge in [-0.25, -0.2) is 9.59 Å². The van der Waals surface area contributed by atoms with Gasteiger partial charge in [0.1, 0.15) is 6.04 Å². The maximum Gasteiger partial charge on any atom is 0.326 e. The van der Waals surface area contributed by atoms with E-state index in [0.29, 0.717) is 18.9 Å². The lowest BCUT2D eigenvalue weighted by atomic mass is 9.99. The van der Waals surface area contributed by atoms with Gasteiger partial charge in [0.05, 0.1) is 0 Å². The summed E-state index contributed by atoms with van der Waals surface area (Å²) in [5.74, 6) is -0.538. The summed E-state index contributed by atoms with van der Waals surface area (Å²) < 4.78 is 0. The molecular formula is C12H23N3O3. The van der Waals surface area contributed by atoms with Gasteiger partial charge in [0.15, 0.2) is 0 Å². The van der Waals surface area contributed by atoms with E-state index in [4.69, 9.17) is 5.11 Å². The van der Waals surface area contributed by atoms with Crippen LogP contribution in [-0.2, 0) is 4.79 Å². The lowest BCUT2D eigenvalue weighted by molar-refractivity contribution is -0.139. The van der Waals surface area contributed by atoms with Crippen molar-refractivity contribution in [3.05, 3.63) is 0 Å². The summed E-state index contributed by atoms with van der Waals surface area (Å²) >= 11 is 0. The predicted octanol–water partition coefficient (Wildman–Crippen LogP) is 0.491. The van der Waals surface area contributed by atoms with Crippen molar-refractivity contribution in [1.82, 2.24) is 15.5 Å². The number of nitrogens with one attached hydrogen (secondary N) is 2. The van der Waals surface area contributed by atoms with E-state index in [1.165, 1.54) is 0 Å². The quantitative estimate of drug-likeness (QED) is 0.669. The highest BCUT2D eigenvalue weighted by molar-refractivity contribution is 5.82. The first-order valence-corrected chi connectivity index (χ1v) is 6.48. The number of nitrogens with zero attached hydrogens (tertiary/aromatic N) is 1. The summed E-state index contributed by atoms with van der Waals surface area (Å²) in [6.45, 7) is 4.43. The molecule has 2 atom stereocenters. The monoisotopic (exact) mass is 257 g/mol. The van der Waals surface area contributed by atoms with E-state index in [-0.39, 0.29) is 0 Å². The molecule has 1 aliphatic rings. The first-order chi connectivity index (χ1) is 8.52. The molecule has 0 aromatic carbocycles. The van der Waals surface area contributed by atoms with Gasteiger partial charge < -0.3 is 20.6 Å². The molecule has 0 radical (unpaired) electrons.